The molecule has 0 aliphatic carbocycles. The van der Waals surface area contributed by atoms with Crippen molar-refractivity contribution in [3.63, 3.8) is 0 Å². The molecule has 0 radical (unpaired) electrons. The number of nitrogens with zero attached hydrogens (tertiary/aromatic N) is 1. The molecule has 0 bridgehead atoms. The van der Waals surface area contributed by atoms with Crippen molar-refractivity contribution in [2.24, 2.45) is 0 Å². The quantitative estimate of drug-likeness (QED) is 0.871. The fourth-order valence-corrected chi connectivity index (χ4v) is 2.87. The third kappa shape index (κ3) is 4.41. The van der Waals surface area contributed by atoms with Gasteiger partial charge in [0.15, 0.2) is 0 Å². The molecule has 0 heterocycles. The zero-order chi connectivity index (χ0) is 13.6. The van der Waals surface area contributed by atoms with Crippen molar-refractivity contribution >= 4 is 26.0 Å². The molecule has 0 fully saturated rings. The van der Waals surface area contributed by atoms with E-state index in [1.54, 1.807) is 12.1 Å². The first kappa shape index (κ1) is 15.2. The lowest BCUT2D eigenvalue weighted by molar-refractivity contribution is 0.557. The molecule has 1 atom stereocenters. The van der Waals surface area contributed by atoms with Gasteiger partial charge in [-0.2, -0.15) is 9.98 Å². The summed E-state index contributed by atoms with van der Waals surface area (Å²) in [6.45, 7) is 2.00. The summed E-state index contributed by atoms with van der Waals surface area (Å²) < 4.78 is 27.2. The Morgan fingerprint density at radius 2 is 2.00 bits per heavy atom. The van der Waals surface area contributed by atoms with Crippen molar-refractivity contribution in [2.45, 2.75) is 37.1 Å². The highest BCUT2D eigenvalue weighted by Gasteiger charge is 2.19. The Kier molecular flexibility index (Phi) is 5.79. The molecular formula is C12H15BrN2O2S. The first-order valence-electron chi connectivity index (χ1n) is 5.67. The Bertz CT molecular complexity index is 520. The highest BCUT2D eigenvalue weighted by molar-refractivity contribution is 9.10. The molecule has 1 aromatic rings. The SMILES string of the molecule is CCCCC(C#N)NS(=O)(=O)c1ccc(Br)cc1. The van der Waals surface area contributed by atoms with Crippen molar-refractivity contribution < 1.29 is 8.42 Å². The number of unbranched alkanes of at least 4 members (excludes halogenated alkanes) is 1. The van der Waals surface area contributed by atoms with E-state index in [9.17, 15) is 8.42 Å². The fraction of sp³-hybridized carbons (Fsp3) is 0.417. The monoisotopic (exact) mass is 330 g/mol. The lowest BCUT2D eigenvalue weighted by atomic mass is 10.1. The second-order valence-corrected chi connectivity index (χ2v) is 6.53. The minimum absolute atomic E-state index is 0.169. The van der Waals surface area contributed by atoms with Crippen LogP contribution in [0.1, 0.15) is 26.2 Å². The molecule has 6 heteroatoms. The zero-order valence-corrected chi connectivity index (χ0v) is 12.5. The summed E-state index contributed by atoms with van der Waals surface area (Å²) in [5.41, 5.74) is 0. The summed E-state index contributed by atoms with van der Waals surface area (Å²) in [5, 5.41) is 8.92. The minimum Gasteiger partial charge on any atom is -0.207 e. The molecule has 0 aromatic heterocycles. The number of rotatable bonds is 6. The lowest BCUT2D eigenvalue weighted by Gasteiger charge is -2.11. The predicted molar refractivity (Wildman–Crippen MR) is 73.4 cm³/mol. The molecular weight excluding hydrogens is 316 g/mol. The van der Waals surface area contributed by atoms with Crippen LogP contribution in [0.5, 0.6) is 0 Å². The maximum atomic E-state index is 12.0. The summed E-state index contributed by atoms with van der Waals surface area (Å²) in [6, 6.07) is 7.62. The molecule has 0 saturated heterocycles. The van der Waals surface area contributed by atoms with Gasteiger partial charge in [0.2, 0.25) is 10.0 Å². The molecule has 0 amide bonds. The van der Waals surface area contributed by atoms with Crippen LogP contribution in [-0.4, -0.2) is 14.5 Å². The molecule has 1 aromatic carbocycles. The molecule has 0 saturated carbocycles. The number of nitrogens with one attached hydrogen (secondary N) is 1. The molecule has 0 spiro atoms. The van der Waals surface area contributed by atoms with E-state index in [2.05, 4.69) is 20.7 Å². The summed E-state index contributed by atoms with van der Waals surface area (Å²) >= 11 is 3.24. The van der Waals surface area contributed by atoms with E-state index in [-0.39, 0.29) is 4.90 Å². The van der Waals surface area contributed by atoms with Crippen LogP contribution >= 0.6 is 15.9 Å². The summed E-state index contributed by atoms with van der Waals surface area (Å²) in [5.74, 6) is 0. The zero-order valence-electron chi connectivity index (χ0n) is 10.1. The predicted octanol–water partition coefficient (Wildman–Crippen LogP) is 2.81. The molecule has 4 nitrogen and oxygen atoms in total. The van der Waals surface area contributed by atoms with Gasteiger partial charge in [0.25, 0.3) is 0 Å². The Morgan fingerprint density at radius 3 is 2.50 bits per heavy atom. The van der Waals surface area contributed by atoms with Crippen molar-refractivity contribution in [3.05, 3.63) is 28.7 Å². The molecule has 1 N–H and O–H groups in total. The third-order valence-electron chi connectivity index (χ3n) is 2.42. The Balaban J connectivity index is 2.81. The van der Waals surface area contributed by atoms with Crippen LogP contribution in [0.15, 0.2) is 33.6 Å². The number of hydrogen-bond acceptors (Lipinski definition) is 3. The van der Waals surface area contributed by atoms with E-state index >= 15 is 0 Å². The topological polar surface area (TPSA) is 70.0 Å². The summed E-state index contributed by atoms with van der Waals surface area (Å²) in [4.78, 5) is 0.169. The Hall–Kier alpha value is -0.900. The maximum absolute atomic E-state index is 12.0. The standard InChI is InChI=1S/C12H15BrN2O2S/c1-2-3-4-11(9-14)15-18(16,17)12-7-5-10(13)6-8-12/h5-8,11,15H,2-4H2,1H3. The van der Waals surface area contributed by atoms with Gasteiger partial charge in [0.05, 0.1) is 11.0 Å². The van der Waals surface area contributed by atoms with Crippen LogP contribution in [0, 0.1) is 11.3 Å². The van der Waals surface area contributed by atoms with Crippen LogP contribution in [0.25, 0.3) is 0 Å². The fourth-order valence-electron chi connectivity index (χ4n) is 1.43. The van der Waals surface area contributed by atoms with Crippen LogP contribution in [-0.2, 0) is 10.0 Å². The maximum Gasteiger partial charge on any atom is 0.241 e. The van der Waals surface area contributed by atoms with Gasteiger partial charge in [-0.05, 0) is 30.7 Å². The largest absolute Gasteiger partial charge is 0.241 e. The van der Waals surface area contributed by atoms with E-state index in [4.69, 9.17) is 5.26 Å². The van der Waals surface area contributed by atoms with Crippen molar-refractivity contribution in [2.75, 3.05) is 0 Å². The van der Waals surface area contributed by atoms with Gasteiger partial charge in [-0.1, -0.05) is 35.7 Å². The Morgan fingerprint density at radius 1 is 1.39 bits per heavy atom. The van der Waals surface area contributed by atoms with Gasteiger partial charge in [0, 0.05) is 4.47 Å². The van der Waals surface area contributed by atoms with Crippen LogP contribution in [0.2, 0.25) is 0 Å². The number of halogens is 1. The van der Waals surface area contributed by atoms with Crippen LogP contribution < -0.4 is 4.72 Å². The number of hydrogen-bond donors (Lipinski definition) is 1. The van der Waals surface area contributed by atoms with E-state index < -0.39 is 16.1 Å². The number of nitriles is 1. The van der Waals surface area contributed by atoms with Crippen molar-refractivity contribution in [3.8, 4) is 6.07 Å². The first-order chi connectivity index (χ1) is 8.49. The Labute approximate surface area is 116 Å². The second kappa shape index (κ2) is 6.88. The molecule has 1 unspecified atom stereocenters. The highest BCUT2D eigenvalue weighted by Crippen LogP contribution is 2.15. The van der Waals surface area contributed by atoms with E-state index in [0.29, 0.717) is 6.42 Å². The normalized spacial score (nSPS) is 12.9. The van der Waals surface area contributed by atoms with Gasteiger partial charge in [0.1, 0.15) is 6.04 Å². The highest BCUT2D eigenvalue weighted by atomic mass is 79.9. The molecule has 0 aliphatic heterocycles. The van der Waals surface area contributed by atoms with Crippen LogP contribution in [0.4, 0.5) is 0 Å². The van der Waals surface area contributed by atoms with Crippen molar-refractivity contribution in [1.29, 1.82) is 5.26 Å². The van der Waals surface area contributed by atoms with E-state index in [1.807, 2.05) is 13.0 Å². The number of sulfonamides is 1. The summed E-state index contributed by atoms with van der Waals surface area (Å²) in [6.07, 6.45) is 2.28. The molecule has 18 heavy (non-hydrogen) atoms. The van der Waals surface area contributed by atoms with Gasteiger partial charge in [-0.3, -0.25) is 0 Å². The average molecular weight is 331 g/mol. The van der Waals surface area contributed by atoms with Gasteiger partial charge in [-0.25, -0.2) is 8.42 Å². The van der Waals surface area contributed by atoms with Gasteiger partial charge >= 0.3 is 0 Å². The van der Waals surface area contributed by atoms with Gasteiger partial charge < -0.3 is 0 Å². The van der Waals surface area contributed by atoms with Crippen LogP contribution in [0.3, 0.4) is 0 Å². The van der Waals surface area contributed by atoms with E-state index in [1.165, 1.54) is 12.1 Å². The minimum atomic E-state index is -3.61. The lowest BCUT2D eigenvalue weighted by Crippen LogP contribution is -2.33. The van der Waals surface area contributed by atoms with Gasteiger partial charge in [-0.15, -0.1) is 0 Å². The van der Waals surface area contributed by atoms with Crippen molar-refractivity contribution in [1.82, 2.24) is 4.72 Å². The molecule has 1 rings (SSSR count). The molecule has 0 aliphatic rings. The second-order valence-electron chi connectivity index (χ2n) is 3.90. The first-order valence-corrected chi connectivity index (χ1v) is 7.94. The number of benzene rings is 1. The third-order valence-corrected chi connectivity index (χ3v) is 4.44. The average Bonchev–Trinajstić information content (AvgIpc) is 2.35. The summed E-state index contributed by atoms with van der Waals surface area (Å²) in [7, 11) is -3.61. The molecule has 98 valence electrons. The smallest absolute Gasteiger partial charge is 0.207 e. The van der Waals surface area contributed by atoms with E-state index in [0.717, 1.165) is 17.3 Å².